The molecule has 2 aromatic carbocycles. The minimum atomic E-state index is -1.35. The lowest BCUT2D eigenvalue weighted by Crippen LogP contribution is -2.45. The molecule has 2 unspecified atom stereocenters. The zero-order chi connectivity index (χ0) is 41.6. The van der Waals surface area contributed by atoms with E-state index >= 15 is 0 Å². The Morgan fingerprint density at radius 3 is 2.21 bits per heavy atom. The van der Waals surface area contributed by atoms with Crippen molar-refractivity contribution in [1.29, 1.82) is 0 Å². The van der Waals surface area contributed by atoms with Gasteiger partial charge in [0.1, 0.15) is 17.4 Å². The number of amides is 3. The lowest BCUT2D eigenvalue weighted by Gasteiger charge is -2.21. The van der Waals surface area contributed by atoms with E-state index in [1.54, 1.807) is 42.5 Å². The van der Waals surface area contributed by atoms with Crippen LogP contribution in [0.2, 0.25) is 0 Å². The van der Waals surface area contributed by atoms with Gasteiger partial charge in [-0.05, 0) is 87.3 Å². The molecule has 0 bridgehead atoms. The van der Waals surface area contributed by atoms with Crippen LogP contribution in [0.15, 0.2) is 69.9 Å². The molecule has 17 nitrogen and oxygen atoms in total. The van der Waals surface area contributed by atoms with Gasteiger partial charge >= 0.3 is 23.9 Å². The van der Waals surface area contributed by atoms with E-state index in [4.69, 9.17) is 22.4 Å². The van der Waals surface area contributed by atoms with Crippen LogP contribution >= 0.6 is 12.2 Å². The van der Waals surface area contributed by atoms with Crippen molar-refractivity contribution in [3.05, 3.63) is 76.5 Å². The minimum absolute atomic E-state index is 0.00161. The number of Topliss-reactive ketones (excluding diaryl/α,β-unsaturated/α-hetero) is 1. The fourth-order valence-corrected chi connectivity index (χ4v) is 6.58. The number of hydrogen-bond donors (Lipinski definition) is 9. The standard InChI is InChI=1S/C39H44N6O11S/c1-41-28(9-6-16-42-38(40)55)30(47)17-21(18-33(48)49)35(50)45-29(37(53)54)8-4-5-15-43-39(57)44-22-11-13-24(27(19-22)36(51)52)34-25-7-2-3-10-31(25)56-32-20-23(46)12-14-26(32)34/h2-3,7,10-14,19-21,28-29,41H,4-6,8-9,15-18H2,1H3,(H,45,50)(H,48,49)(H,51,52)(H,53,54)(H3,40,42,55)(H2,43,44,57)/t21?,28?,29-/m0/s1. The van der Waals surface area contributed by atoms with Crippen molar-refractivity contribution >= 4 is 69.6 Å². The molecule has 1 aliphatic heterocycles. The minimum Gasteiger partial charge on any atom is -0.481 e. The number of nitrogens with one attached hydrogen (secondary N) is 5. The summed E-state index contributed by atoms with van der Waals surface area (Å²) in [6, 6.07) is 13.4. The summed E-state index contributed by atoms with van der Waals surface area (Å²) in [7, 11) is 1.53. The Morgan fingerprint density at radius 2 is 1.53 bits per heavy atom. The molecule has 2 aromatic rings. The molecule has 0 saturated heterocycles. The lowest BCUT2D eigenvalue weighted by molar-refractivity contribution is -0.144. The lowest BCUT2D eigenvalue weighted by atomic mass is 9.90. The molecule has 10 N–H and O–H groups in total. The van der Waals surface area contributed by atoms with E-state index in [0.717, 1.165) is 0 Å². The van der Waals surface area contributed by atoms with Gasteiger partial charge in [0.25, 0.3) is 0 Å². The number of hydrogen-bond acceptors (Lipinski definition) is 10. The van der Waals surface area contributed by atoms with Crippen LogP contribution in [0.3, 0.4) is 0 Å². The van der Waals surface area contributed by atoms with E-state index in [-0.39, 0.29) is 35.5 Å². The molecule has 1 aliphatic carbocycles. The Bertz CT molecular complexity index is 2170. The van der Waals surface area contributed by atoms with Crippen LogP contribution < -0.4 is 37.7 Å². The average Bonchev–Trinajstić information content (AvgIpc) is 3.15. The number of ketones is 1. The molecule has 3 atom stereocenters. The first-order valence-electron chi connectivity index (χ1n) is 18.0. The third-order valence-corrected chi connectivity index (χ3v) is 9.39. The van der Waals surface area contributed by atoms with Gasteiger partial charge in [0.15, 0.2) is 16.3 Å². The van der Waals surface area contributed by atoms with Crippen molar-refractivity contribution in [2.24, 2.45) is 11.7 Å². The average molecular weight is 805 g/mol. The maximum atomic E-state index is 13.1. The van der Waals surface area contributed by atoms with E-state index in [0.29, 0.717) is 64.9 Å². The second-order valence-electron chi connectivity index (χ2n) is 13.2. The van der Waals surface area contributed by atoms with Gasteiger partial charge in [0, 0.05) is 47.8 Å². The molecule has 0 radical (unpaired) electrons. The highest BCUT2D eigenvalue weighted by molar-refractivity contribution is 7.80. The number of carbonyl (C=O) groups excluding carboxylic acids is 3. The van der Waals surface area contributed by atoms with Crippen molar-refractivity contribution in [2.75, 3.05) is 25.5 Å². The van der Waals surface area contributed by atoms with E-state index < -0.39 is 66.5 Å². The van der Waals surface area contributed by atoms with Crippen molar-refractivity contribution in [2.45, 2.75) is 57.0 Å². The van der Waals surface area contributed by atoms with Gasteiger partial charge in [-0.3, -0.25) is 19.2 Å². The molecule has 3 amide bonds. The first-order chi connectivity index (χ1) is 27.2. The number of benzene rings is 3. The van der Waals surface area contributed by atoms with Gasteiger partial charge in [-0.15, -0.1) is 0 Å². The molecule has 0 spiro atoms. The van der Waals surface area contributed by atoms with Crippen molar-refractivity contribution < 1.29 is 48.5 Å². The third kappa shape index (κ3) is 12.3. The molecular formula is C39H44N6O11S. The SMILES string of the molecule is CNC(CCCNC(N)=O)C(=O)CC(CC(=O)O)C(=O)N[C@@H](CCCCNC(=S)Nc1ccc(-c2c3ccc(=O)cc-3oc3ccccc23)c(C(=O)O)c1)C(=O)O. The van der Waals surface area contributed by atoms with Crippen LogP contribution in [0.1, 0.15) is 55.3 Å². The number of thiocarbonyl (C=S) groups is 1. The number of aliphatic carboxylic acids is 2. The summed E-state index contributed by atoms with van der Waals surface area (Å²) >= 11 is 5.41. The number of unbranched alkanes of at least 4 members (excludes halogenated alkanes) is 1. The second-order valence-corrected chi connectivity index (χ2v) is 13.6. The Kier molecular flexibility index (Phi) is 15.6. The number of para-hydroxylation sites is 1. The van der Waals surface area contributed by atoms with Gasteiger partial charge in [0.05, 0.1) is 23.9 Å². The highest BCUT2D eigenvalue weighted by Gasteiger charge is 2.31. The molecule has 0 saturated carbocycles. The summed E-state index contributed by atoms with van der Waals surface area (Å²) < 4.78 is 5.95. The van der Waals surface area contributed by atoms with Crippen LogP contribution in [0, 0.1) is 5.92 Å². The van der Waals surface area contributed by atoms with E-state index in [2.05, 4.69) is 26.6 Å². The van der Waals surface area contributed by atoms with Gasteiger partial charge in [-0.25, -0.2) is 14.4 Å². The number of anilines is 1. The maximum Gasteiger partial charge on any atom is 0.336 e. The van der Waals surface area contributed by atoms with Crippen LogP contribution in [-0.2, 0) is 19.2 Å². The smallest absolute Gasteiger partial charge is 0.336 e. The summed E-state index contributed by atoms with van der Waals surface area (Å²) in [5.41, 5.74) is 7.17. The Morgan fingerprint density at radius 1 is 0.825 bits per heavy atom. The van der Waals surface area contributed by atoms with Crippen molar-refractivity contribution in [3.8, 4) is 22.5 Å². The largest absolute Gasteiger partial charge is 0.481 e. The zero-order valence-electron chi connectivity index (χ0n) is 31.0. The van der Waals surface area contributed by atoms with E-state index in [1.807, 2.05) is 0 Å². The number of likely N-dealkylation sites (N-methyl/N-ethyl adjacent to an activating group) is 1. The van der Waals surface area contributed by atoms with Crippen LogP contribution in [0.4, 0.5) is 10.5 Å². The van der Waals surface area contributed by atoms with Crippen molar-refractivity contribution in [1.82, 2.24) is 21.3 Å². The third-order valence-electron chi connectivity index (χ3n) is 9.14. The van der Waals surface area contributed by atoms with Gasteiger partial charge in [0.2, 0.25) is 5.91 Å². The number of urea groups is 1. The predicted octanol–water partition coefficient (Wildman–Crippen LogP) is 3.38. The second kappa shape index (κ2) is 20.5. The predicted molar refractivity (Wildman–Crippen MR) is 214 cm³/mol. The summed E-state index contributed by atoms with van der Waals surface area (Å²) in [4.78, 5) is 85.0. The van der Waals surface area contributed by atoms with Gasteiger partial charge < -0.3 is 52.1 Å². The van der Waals surface area contributed by atoms with Gasteiger partial charge in [-0.1, -0.05) is 24.3 Å². The highest BCUT2D eigenvalue weighted by Crippen LogP contribution is 2.41. The fraction of sp³-hybridized carbons (Fsp3) is 0.333. The number of carboxylic acids is 3. The highest BCUT2D eigenvalue weighted by atomic mass is 32.1. The fourth-order valence-electron chi connectivity index (χ4n) is 6.36. The quantitative estimate of drug-likeness (QED) is 0.0332. The topological polar surface area (TPSA) is 279 Å². The van der Waals surface area contributed by atoms with E-state index in [1.165, 1.54) is 25.2 Å². The number of fused-ring (bicyclic) bond motifs is 2. The molecule has 2 aliphatic rings. The number of primary amides is 1. The van der Waals surface area contributed by atoms with E-state index in [9.17, 15) is 48.9 Å². The molecule has 0 fully saturated rings. The zero-order valence-corrected chi connectivity index (χ0v) is 31.8. The molecule has 18 heteroatoms. The monoisotopic (exact) mass is 804 g/mol. The summed E-state index contributed by atoms with van der Waals surface area (Å²) in [6.45, 7) is 0.509. The normalized spacial score (nSPS) is 12.6. The first-order valence-corrected chi connectivity index (χ1v) is 18.5. The Hall–Kier alpha value is -6.40. The first kappa shape index (κ1) is 43.3. The Balaban J connectivity index is 1.33. The number of carboxylic acid groups (broad SMARTS) is 3. The summed E-state index contributed by atoms with van der Waals surface area (Å²) in [5, 5.41) is 43.8. The number of carbonyl (C=O) groups is 6. The molecule has 57 heavy (non-hydrogen) atoms. The van der Waals surface area contributed by atoms with Gasteiger partial charge in [-0.2, -0.15) is 0 Å². The molecule has 1 heterocycles. The van der Waals surface area contributed by atoms with Crippen LogP contribution in [0.25, 0.3) is 33.4 Å². The molecular weight excluding hydrogens is 761 g/mol. The maximum absolute atomic E-state index is 13.1. The van der Waals surface area contributed by atoms with Crippen LogP contribution in [-0.4, -0.2) is 88.3 Å². The number of aromatic carboxylic acids is 1. The van der Waals surface area contributed by atoms with Crippen LogP contribution in [0.5, 0.6) is 0 Å². The molecule has 302 valence electrons. The number of nitrogens with two attached hydrogens (primary N) is 1. The van der Waals surface area contributed by atoms with Crippen molar-refractivity contribution in [3.63, 3.8) is 0 Å². The summed E-state index contributed by atoms with van der Waals surface area (Å²) in [5.74, 6) is -6.17. The molecule has 4 rings (SSSR count). The molecule has 0 aromatic heterocycles. The number of rotatable bonds is 21. The summed E-state index contributed by atoms with van der Waals surface area (Å²) in [6.07, 6.45) is 0.268. The Labute approximate surface area is 331 Å².